The number of benzene rings is 4. The second-order valence-corrected chi connectivity index (χ2v) is 15.2. The van der Waals surface area contributed by atoms with Crippen molar-refractivity contribution >= 4 is 82.3 Å². The largest absolute Gasteiger partial charge is 0.161 e. The minimum atomic E-state index is 0.962. The summed E-state index contributed by atoms with van der Waals surface area (Å²) in [7, 11) is 0. The van der Waals surface area contributed by atoms with Gasteiger partial charge in [-0.1, -0.05) is 59.2 Å². The molecule has 0 bridgehead atoms. The van der Waals surface area contributed by atoms with Crippen LogP contribution in [-0.2, 0) is 0 Å². The second-order valence-electron chi connectivity index (χ2n) is 8.04. The van der Waals surface area contributed by atoms with Crippen LogP contribution in [0.15, 0.2) is 159 Å². The fourth-order valence-corrected chi connectivity index (χ4v) is 7.84. The predicted octanol–water partition coefficient (Wildman–Crippen LogP) is 12.1. The first-order valence-electron chi connectivity index (χ1n) is 12.3. The summed E-state index contributed by atoms with van der Waals surface area (Å²) in [4.78, 5) is 10.2. The molecule has 0 N–H and O–H groups in total. The molecular formula is C32H30S7. The van der Waals surface area contributed by atoms with Gasteiger partial charge in [0, 0.05) is 50.7 Å². The number of rotatable bonds is 14. The molecule has 0 radical (unpaired) electrons. The molecule has 0 aromatic heterocycles. The lowest BCUT2D eigenvalue weighted by Gasteiger charge is -2.05. The Morgan fingerprint density at radius 3 is 1.21 bits per heavy atom. The first-order valence-corrected chi connectivity index (χ1v) is 19.3. The molecule has 200 valence electrons. The molecule has 0 fully saturated rings. The van der Waals surface area contributed by atoms with Gasteiger partial charge < -0.3 is 0 Å². The first-order chi connectivity index (χ1) is 19.2. The van der Waals surface area contributed by atoms with Crippen LogP contribution < -0.4 is 0 Å². The summed E-state index contributed by atoms with van der Waals surface area (Å²) in [6.07, 6.45) is 8.68. The molecule has 0 saturated carbocycles. The highest BCUT2D eigenvalue weighted by molar-refractivity contribution is 8.03. The van der Waals surface area contributed by atoms with Crippen LogP contribution in [0.3, 0.4) is 0 Å². The summed E-state index contributed by atoms with van der Waals surface area (Å²) < 4.78 is 0. The van der Waals surface area contributed by atoms with Crippen molar-refractivity contribution in [3.05, 3.63) is 120 Å². The molecule has 39 heavy (non-hydrogen) atoms. The molecule has 0 aliphatic carbocycles. The molecule has 4 rings (SSSR count). The van der Waals surface area contributed by atoms with Crippen molar-refractivity contribution in [1.29, 1.82) is 0 Å². The average Bonchev–Trinajstić information content (AvgIpc) is 2.98. The van der Waals surface area contributed by atoms with E-state index in [2.05, 4.69) is 133 Å². The minimum absolute atomic E-state index is 0.962. The number of hydrogen-bond donors (Lipinski definition) is 0. The van der Waals surface area contributed by atoms with E-state index in [-0.39, 0.29) is 0 Å². The Morgan fingerprint density at radius 2 is 0.795 bits per heavy atom. The highest BCUT2D eigenvalue weighted by Gasteiger charge is 2.01. The molecule has 0 aliphatic heterocycles. The van der Waals surface area contributed by atoms with Crippen LogP contribution in [-0.4, -0.2) is 24.0 Å². The van der Waals surface area contributed by atoms with Gasteiger partial charge in [0.2, 0.25) is 0 Å². The average molecular weight is 639 g/mol. The Morgan fingerprint density at radius 1 is 0.436 bits per heavy atom. The van der Waals surface area contributed by atoms with E-state index in [9.17, 15) is 0 Å². The van der Waals surface area contributed by atoms with Gasteiger partial charge in [-0.05, 0) is 120 Å². The fourth-order valence-electron chi connectivity index (χ4n) is 3.26. The lowest BCUT2D eigenvalue weighted by molar-refractivity contribution is 1.32. The molecule has 4 aromatic carbocycles. The SMILES string of the molecule is CSC/C=C/Sc1ccc(Sc2ccc(SC/C=C\Sc3ccc(Sc4ccc(SC)cc4)cc3)cc2)cc1. The van der Waals surface area contributed by atoms with Crippen molar-refractivity contribution in [2.24, 2.45) is 0 Å². The van der Waals surface area contributed by atoms with Crippen LogP contribution in [0.1, 0.15) is 0 Å². The third kappa shape index (κ3) is 11.3. The molecule has 0 nitrogen and oxygen atoms in total. The van der Waals surface area contributed by atoms with Gasteiger partial charge in [-0.25, -0.2) is 0 Å². The monoisotopic (exact) mass is 638 g/mol. The molecule has 0 heterocycles. The van der Waals surface area contributed by atoms with Gasteiger partial charge in [-0.15, -0.1) is 23.5 Å². The molecule has 0 saturated heterocycles. The molecule has 0 amide bonds. The van der Waals surface area contributed by atoms with E-state index in [1.807, 2.05) is 35.3 Å². The summed E-state index contributed by atoms with van der Waals surface area (Å²) in [5, 5.41) is 4.37. The molecule has 0 spiro atoms. The Kier molecular flexibility index (Phi) is 13.9. The highest BCUT2D eigenvalue weighted by Crippen LogP contribution is 2.33. The van der Waals surface area contributed by atoms with Crippen molar-refractivity contribution in [1.82, 2.24) is 0 Å². The summed E-state index contributed by atoms with van der Waals surface area (Å²) in [6, 6.07) is 35.2. The normalized spacial score (nSPS) is 11.5. The van der Waals surface area contributed by atoms with Gasteiger partial charge >= 0.3 is 0 Å². The quantitative estimate of drug-likeness (QED) is 0.124. The minimum Gasteiger partial charge on any atom is -0.161 e. The van der Waals surface area contributed by atoms with E-state index in [0.29, 0.717) is 0 Å². The summed E-state index contributed by atoms with van der Waals surface area (Å²) in [5.41, 5.74) is 0. The smallest absolute Gasteiger partial charge is 0.0169 e. The van der Waals surface area contributed by atoms with Crippen molar-refractivity contribution in [3.63, 3.8) is 0 Å². The summed E-state index contributed by atoms with van der Waals surface area (Å²) >= 11 is 12.6. The Balaban J connectivity index is 1.16. The van der Waals surface area contributed by atoms with E-state index in [0.717, 1.165) is 11.5 Å². The van der Waals surface area contributed by atoms with Gasteiger partial charge in [0.25, 0.3) is 0 Å². The number of hydrogen-bond acceptors (Lipinski definition) is 7. The molecule has 7 heteroatoms. The van der Waals surface area contributed by atoms with E-state index in [1.165, 1.54) is 39.2 Å². The molecular weight excluding hydrogens is 609 g/mol. The standard InChI is InChI=1S/C32H30S7/c1-33-21-3-22-35-26-7-15-31(16-8-26)39-32-19-11-28(12-20-32)37-24-4-23-36-27-9-17-30(18-10-27)38-29-13-5-25(34-2)6-14-29/h3-20,22-23H,21,24H2,1-2H3/b22-3+,23-4-. The molecule has 0 unspecified atom stereocenters. The molecule has 4 aromatic rings. The van der Waals surface area contributed by atoms with Crippen LogP contribution >= 0.6 is 82.3 Å². The Bertz CT molecular complexity index is 1310. The maximum atomic E-state index is 2.24. The van der Waals surface area contributed by atoms with Crippen LogP contribution in [0.4, 0.5) is 0 Å². The van der Waals surface area contributed by atoms with Gasteiger partial charge in [-0.3, -0.25) is 0 Å². The zero-order valence-electron chi connectivity index (χ0n) is 21.8. The Labute approximate surface area is 263 Å². The number of thioether (sulfide) groups is 5. The molecule has 0 aliphatic rings. The maximum absolute atomic E-state index is 2.24. The zero-order valence-corrected chi connectivity index (χ0v) is 27.5. The van der Waals surface area contributed by atoms with Crippen molar-refractivity contribution < 1.29 is 0 Å². The third-order valence-electron chi connectivity index (χ3n) is 5.21. The highest BCUT2D eigenvalue weighted by atomic mass is 32.2. The first kappa shape index (κ1) is 30.8. The fraction of sp³-hybridized carbons (Fsp3) is 0.125. The van der Waals surface area contributed by atoms with Gasteiger partial charge in [0.15, 0.2) is 0 Å². The Hall–Kier alpha value is -1.19. The van der Waals surface area contributed by atoms with Gasteiger partial charge in [0.1, 0.15) is 0 Å². The van der Waals surface area contributed by atoms with Crippen molar-refractivity contribution in [2.75, 3.05) is 24.0 Å². The second kappa shape index (κ2) is 17.6. The molecule has 0 atom stereocenters. The lowest BCUT2D eigenvalue weighted by atomic mass is 10.4. The van der Waals surface area contributed by atoms with E-state index in [1.54, 1.807) is 47.0 Å². The van der Waals surface area contributed by atoms with Crippen LogP contribution in [0.25, 0.3) is 0 Å². The van der Waals surface area contributed by atoms with Gasteiger partial charge in [0.05, 0.1) is 0 Å². The summed E-state index contributed by atoms with van der Waals surface area (Å²) in [6.45, 7) is 0. The van der Waals surface area contributed by atoms with Crippen molar-refractivity contribution in [3.8, 4) is 0 Å². The van der Waals surface area contributed by atoms with E-state index in [4.69, 9.17) is 0 Å². The third-order valence-corrected chi connectivity index (χ3v) is 11.2. The lowest BCUT2D eigenvalue weighted by Crippen LogP contribution is -1.77. The van der Waals surface area contributed by atoms with Crippen molar-refractivity contribution in [2.45, 2.75) is 39.2 Å². The van der Waals surface area contributed by atoms with E-state index < -0.39 is 0 Å². The van der Waals surface area contributed by atoms with Crippen LogP contribution in [0, 0.1) is 0 Å². The van der Waals surface area contributed by atoms with Crippen LogP contribution in [0.5, 0.6) is 0 Å². The topological polar surface area (TPSA) is 0 Å². The van der Waals surface area contributed by atoms with Gasteiger partial charge in [-0.2, -0.15) is 11.8 Å². The van der Waals surface area contributed by atoms with E-state index >= 15 is 0 Å². The maximum Gasteiger partial charge on any atom is 0.0169 e. The predicted molar refractivity (Wildman–Crippen MR) is 185 cm³/mol. The zero-order chi connectivity index (χ0) is 27.1. The summed E-state index contributed by atoms with van der Waals surface area (Å²) in [5.74, 6) is 2.03. The van der Waals surface area contributed by atoms with Crippen LogP contribution in [0.2, 0.25) is 0 Å².